The highest BCUT2D eigenvalue weighted by Gasteiger charge is 2.51. The Morgan fingerprint density at radius 3 is 2.74 bits per heavy atom. The Bertz CT molecular complexity index is 913. The molecule has 4 aliphatic heterocycles. The fraction of sp³-hybridized carbons (Fsp3) is 0.400. The zero-order chi connectivity index (χ0) is 18.4. The Hall–Kier alpha value is -2.18. The van der Waals surface area contributed by atoms with Crippen molar-refractivity contribution in [3.05, 3.63) is 47.4 Å². The van der Waals surface area contributed by atoms with Crippen LogP contribution in [0.5, 0.6) is 0 Å². The second-order valence-electron chi connectivity index (χ2n) is 7.52. The van der Waals surface area contributed by atoms with Crippen LogP contribution in [0, 0.1) is 11.7 Å². The van der Waals surface area contributed by atoms with Crippen LogP contribution in [-0.2, 0) is 4.74 Å². The third-order valence-electron chi connectivity index (χ3n) is 5.86. The van der Waals surface area contributed by atoms with Gasteiger partial charge in [0.1, 0.15) is 17.2 Å². The molecule has 5 nitrogen and oxygen atoms in total. The van der Waals surface area contributed by atoms with E-state index in [9.17, 15) is 4.39 Å². The number of amidine groups is 1. The molecule has 0 amide bonds. The first-order chi connectivity index (χ1) is 13.1. The molecule has 1 aromatic carbocycles. The van der Waals surface area contributed by atoms with Crippen molar-refractivity contribution in [3.63, 3.8) is 0 Å². The SMILES string of the molecule is Fc1ccc(-c2ccnc(NC3=NC[C@@]4(CN5CCC4CC5)O3)c2)cc1Cl. The number of halogens is 2. The van der Waals surface area contributed by atoms with Gasteiger partial charge in [-0.2, -0.15) is 0 Å². The molecule has 0 radical (unpaired) electrons. The van der Waals surface area contributed by atoms with Crippen molar-refractivity contribution in [3.8, 4) is 11.1 Å². The number of nitrogens with one attached hydrogen (secondary N) is 1. The number of aromatic nitrogens is 1. The number of piperidine rings is 3. The quantitative estimate of drug-likeness (QED) is 0.852. The van der Waals surface area contributed by atoms with Gasteiger partial charge < -0.3 is 4.74 Å². The summed E-state index contributed by atoms with van der Waals surface area (Å²) in [5.74, 6) is 0.792. The average Bonchev–Trinajstić information content (AvgIpc) is 3.07. The monoisotopic (exact) mass is 386 g/mol. The maximum atomic E-state index is 13.4. The van der Waals surface area contributed by atoms with Crippen LogP contribution in [0.2, 0.25) is 5.02 Å². The molecule has 1 atom stereocenters. The standard InChI is InChI=1S/C20H20ClFN4O/c21-16-9-13(1-2-17(16)22)14-3-6-23-18(10-14)25-19-24-11-20(27-19)12-26-7-4-15(20)5-8-26/h1-3,6,9-10,15H,4-5,7-8,11-12H2,(H,23,24,25)/t20-/m0/s1. The summed E-state index contributed by atoms with van der Waals surface area (Å²) in [6.07, 6.45) is 4.07. The third-order valence-corrected chi connectivity index (χ3v) is 6.15. The number of ether oxygens (including phenoxy) is 1. The number of hydrogen-bond donors (Lipinski definition) is 1. The zero-order valence-corrected chi connectivity index (χ0v) is 15.5. The van der Waals surface area contributed by atoms with E-state index in [1.807, 2.05) is 12.1 Å². The molecule has 4 aliphatic rings. The number of nitrogens with zero attached hydrogens (tertiary/aromatic N) is 3. The molecule has 2 aromatic rings. The van der Waals surface area contributed by atoms with Gasteiger partial charge in [0.05, 0.1) is 11.6 Å². The van der Waals surface area contributed by atoms with Gasteiger partial charge in [0, 0.05) is 18.7 Å². The van der Waals surface area contributed by atoms with Crippen LogP contribution >= 0.6 is 11.6 Å². The van der Waals surface area contributed by atoms with Crippen molar-refractivity contribution in [2.45, 2.75) is 18.4 Å². The molecule has 27 heavy (non-hydrogen) atoms. The minimum atomic E-state index is -0.427. The topological polar surface area (TPSA) is 49.8 Å². The van der Waals surface area contributed by atoms with Gasteiger partial charge in [-0.1, -0.05) is 17.7 Å². The van der Waals surface area contributed by atoms with Crippen LogP contribution in [-0.4, -0.2) is 47.7 Å². The average molecular weight is 387 g/mol. The van der Waals surface area contributed by atoms with Crippen molar-refractivity contribution in [2.75, 3.05) is 31.5 Å². The van der Waals surface area contributed by atoms with Gasteiger partial charge in [0.15, 0.2) is 0 Å². The lowest BCUT2D eigenvalue weighted by atomic mass is 9.75. The Balaban J connectivity index is 1.33. The van der Waals surface area contributed by atoms with Crippen molar-refractivity contribution < 1.29 is 9.13 Å². The largest absolute Gasteiger partial charge is 0.455 e. The molecule has 7 heteroatoms. The second kappa shape index (κ2) is 6.46. The van der Waals surface area contributed by atoms with Crippen LogP contribution in [0.1, 0.15) is 12.8 Å². The first-order valence-electron chi connectivity index (χ1n) is 9.26. The molecule has 0 aliphatic carbocycles. The summed E-state index contributed by atoms with van der Waals surface area (Å²) in [5.41, 5.74) is 1.54. The number of aliphatic imine (C=N–C) groups is 1. The molecule has 140 valence electrons. The normalized spacial score (nSPS) is 28.9. The molecule has 1 aromatic heterocycles. The third kappa shape index (κ3) is 3.07. The Labute approximate surface area is 162 Å². The number of benzene rings is 1. The highest BCUT2D eigenvalue weighted by atomic mass is 35.5. The van der Waals surface area contributed by atoms with E-state index >= 15 is 0 Å². The lowest BCUT2D eigenvalue weighted by Gasteiger charge is -2.50. The van der Waals surface area contributed by atoms with Crippen LogP contribution < -0.4 is 5.32 Å². The van der Waals surface area contributed by atoms with Gasteiger partial charge in [-0.15, -0.1) is 0 Å². The summed E-state index contributed by atoms with van der Waals surface area (Å²) in [6.45, 7) is 3.99. The Morgan fingerprint density at radius 2 is 2.00 bits per heavy atom. The molecule has 3 fully saturated rings. The predicted octanol–water partition coefficient (Wildman–Crippen LogP) is 3.80. The summed E-state index contributed by atoms with van der Waals surface area (Å²) in [6, 6.07) is 8.96. The second-order valence-corrected chi connectivity index (χ2v) is 7.93. The molecular formula is C20H20ClFN4O. The summed E-state index contributed by atoms with van der Waals surface area (Å²) in [5, 5.41) is 3.30. The lowest BCUT2D eigenvalue weighted by molar-refractivity contribution is -0.0829. The first-order valence-corrected chi connectivity index (χ1v) is 9.63. The number of pyridine rings is 1. The van der Waals surface area contributed by atoms with Gasteiger partial charge in [-0.3, -0.25) is 10.2 Å². The molecule has 6 rings (SSSR count). The van der Waals surface area contributed by atoms with Gasteiger partial charge in [0.2, 0.25) is 0 Å². The number of fused-ring (bicyclic) bond motifs is 2. The smallest absolute Gasteiger partial charge is 0.291 e. The first kappa shape index (κ1) is 17.0. The predicted molar refractivity (Wildman–Crippen MR) is 104 cm³/mol. The Morgan fingerprint density at radius 1 is 1.19 bits per heavy atom. The minimum absolute atomic E-state index is 0.103. The maximum absolute atomic E-state index is 13.4. The fourth-order valence-corrected chi connectivity index (χ4v) is 4.59. The van der Waals surface area contributed by atoms with Crippen molar-refractivity contribution in [2.24, 2.45) is 10.9 Å². The molecule has 5 heterocycles. The summed E-state index contributed by atoms with van der Waals surface area (Å²) in [7, 11) is 0. The summed E-state index contributed by atoms with van der Waals surface area (Å²) < 4.78 is 19.7. The zero-order valence-electron chi connectivity index (χ0n) is 14.8. The summed E-state index contributed by atoms with van der Waals surface area (Å²) >= 11 is 5.91. The Kier molecular flexibility index (Phi) is 4.06. The lowest BCUT2D eigenvalue weighted by Crippen LogP contribution is -2.61. The molecule has 1 spiro atoms. The van der Waals surface area contributed by atoms with E-state index in [0.717, 1.165) is 17.7 Å². The summed E-state index contributed by atoms with van der Waals surface area (Å²) in [4.78, 5) is 11.4. The number of anilines is 1. The van der Waals surface area contributed by atoms with Crippen molar-refractivity contribution >= 4 is 23.4 Å². The van der Waals surface area contributed by atoms with Crippen LogP contribution in [0.4, 0.5) is 10.2 Å². The van der Waals surface area contributed by atoms with E-state index in [1.54, 1.807) is 18.3 Å². The van der Waals surface area contributed by atoms with Crippen LogP contribution in [0.25, 0.3) is 11.1 Å². The molecule has 0 unspecified atom stereocenters. The maximum Gasteiger partial charge on any atom is 0.291 e. The van der Waals surface area contributed by atoms with E-state index in [4.69, 9.17) is 16.3 Å². The van der Waals surface area contributed by atoms with E-state index < -0.39 is 5.82 Å². The minimum Gasteiger partial charge on any atom is -0.455 e. The van der Waals surface area contributed by atoms with Crippen LogP contribution in [0.15, 0.2) is 41.5 Å². The molecular weight excluding hydrogens is 367 g/mol. The van der Waals surface area contributed by atoms with E-state index in [2.05, 4.69) is 20.2 Å². The fourth-order valence-electron chi connectivity index (χ4n) is 4.41. The molecule has 1 N–H and O–H groups in total. The van der Waals surface area contributed by atoms with E-state index in [-0.39, 0.29) is 10.6 Å². The van der Waals surface area contributed by atoms with Gasteiger partial charge in [-0.25, -0.2) is 14.4 Å². The molecule has 2 bridgehead atoms. The molecule has 3 saturated heterocycles. The van der Waals surface area contributed by atoms with Gasteiger partial charge in [-0.05, 0) is 61.3 Å². The van der Waals surface area contributed by atoms with E-state index in [1.165, 1.54) is 32.0 Å². The molecule has 0 saturated carbocycles. The highest BCUT2D eigenvalue weighted by molar-refractivity contribution is 6.31. The van der Waals surface area contributed by atoms with E-state index in [0.29, 0.717) is 24.3 Å². The van der Waals surface area contributed by atoms with Crippen LogP contribution in [0.3, 0.4) is 0 Å². The van der Waals surface area contributed by atoms with Crippen molar-refractivity contribution in [1.82, 2.24) is 9.88 Å². The van der Waals surface area contributed by atoms with Crippen molar-refractivity contribution in [1.29, 1.82) is 0 Å². The van der Waals surface area contributed by atoms with Gasteiger partial charge >= 0.3 is 0 Å². The number of rotatable bonds is 2. The van der Waals surface area contributed by atoms with Gasteiger partial charge in [0.25, 0.3) is 6.02 Å². The highest BCUT2D eigenvalue weighted by Crippen LogP contribution is 2.41. The number of hydrogen-bond acceptors (Lipinski definition) is 5.